The lowest BCUT2D eigenvalue weighted by Crippen LogP contribution is -2.02. The van der Waals surface area contributed by atoms with Crippen molar-refractivity contribution >= 4 is 45.0 Å². The smallest absolute Gasteiger partial charge is 0.123 e. The van der Waals surface area contributed by atoms with Gasteiger partial charge in [-0.2, -0.15) is 0 Å². The predicted molar refractivity (Wildman–Crippen MR) is 101 cm³/mol. The van der Waals surface area contributed by atoms with Gasteiger partial charge in [0, 0.05) is 20.8 Å². The Bertz CT molecular complexity index is 949. The van der Waals surface area contributed by atoms with Gasteiger partial charge in [0.05, 0.1) is 17.6 Å². The summed E-state index contributed by atoms with van der Waals surface area (Å²) in [6, 6.07) is 22.0. The standard InChI is InChI=1S/C20H15Cl2NO/c21-15-6-8-19-17(10-15)18-11-16(22)7-9-20(18)23(19)13-24-12-14-4-2-1-3-5-14/h1-11H,12-13H2. The molecule has 1 heterocycles. The highest BCUT2D eigenvalue weighted by molar-refractivity contribution is 6.33. The summed E-state index contributed by atoms with van der Waals surface area (Å²) in [6.07, 6.45) is 0. The van der Waals surface area contributed by atoms with Crippen LogP contribution in [0.5, 0.6) is 0 Å². The van der Waals surface area contributed by atoms with Crippen molar-refractivity contribution in [3.8, 4) is 0 Å². The zero-order valence-corrected chi connectivity index (χ0v) is 14.4. The molecule has 0 aliphatic rings. The lowest BCUT2D eigenvalue weighted by atomic mass is 10.1. The molecule has 4 aromatic rings. The van der Waals surface area contributed by atoms with Crippen LogP contribution >= 0.6 is 23.2 Å². The highest BCUT2D eigenvalue weighted by Crippen LogP contribution is 2.32. The Hall–Kier alpha value is -2.00. The molecular weight excluding hydrogens is 341 g/mol. The number of fused-ring (bicyclic) bond motifs is 3. The zero-order valence-electron chi connectivity index (χ0n) is 12.9. The normalized spacial score (nSPS) is 11.4. The lowest BCUT2D eigenvalue weighted by molar-refractivity contribution is 0.0692. The SMILES string of the molecule is Clc1ccc2c(c1)c1cc(Cl)ccc1n2COCc1ccccc1. The van der Waals surface area contributed by atoms with Crippen LogP contribution in [0, 0.1) is 0 Å². The van der Waals surface area contributed by atoms with E-state index in [-0.39, 0.29) is 0 Å². The van der Waals surface area contributed by atoms with E-state index in [4.69, 9.17) is 27.9 Å². The molecule has 0 spiro atoms. The van der Waals surface area contributed by atoms with Gasteiger partial charge in [-0.05, 0) is 42.0 Å². The van der Waals surface area contributed by atoms with Crippen LogP contribution in [-0.2, 0) is 18.1 Å². The highest BCUT2D eigenvalue weighted by Gasteiger charge is 2.11. The van der Waals surface area contributed by atoms with Gasteiger partial charge < -0.3 is 9.30 Å². The van der Waals surface area contributed by atoms with Gasteiger partial charge in [-0.25, -0.2) is 0 Å². The van der Waals surface area contributed by atoms with E-state index in [1.54, 1.807) is 0 Å². The predicted octanol–water partition coefficient (Wildman–Crippen LogP) is 6.28. The third-order valence-electron chi connectivity index (χ3n) is 4.12. The van der Waals surface area contributed by atoms with Crippen LogP contribution in [0.3, 0.4) is 0 Å². The fourth-order valence-electron chi connectivity index (χ4n) is 3.02. The van der Waals surface area contributed by atoms with Crippen molar-refractivity contribution in [3.63, 3.8) is 0 Å². The van der Waals surface area contributed by atoms with E-state index in [9.17, 15) is 0 Å². The summed E-state index contributed by atoms with van der Waals surface area (Å²) in [5.74, 6) is 0. The molecule has 0 N–H and O–H groups in total. The number of halogens is 2. The Balaban J connectivity index is 1.73. The molecule has 4 rings (SSSR count). The van der Waals surface area contributed by atoms with Gasteiger partial charge in [0.25, 0.3) is 0 Å². The van der Waals surface area contributed by atoms with E-state index in [1.807, 2.05) is 54.6 Å². The van der Waals surface area contributed by atoms with Crippen LogP contribution in [0.25, 0.3) is 21.8 Å². The molecule has 0 aliphatic heterocycles. The van der Waals surface area contributed by atoms with E-state index < -0.39 is 0 Å². The molecule has 0 saturated carbocycles. The average molecular weight is 356 g/mol. The van der Waals surface area contributed by atoms with Gasteiger partial charge in [0.15, 0.2) is 0 Å². The Morgan fingerprint density at radius 3 is 1.92 bits per heavy atom. The lowest BCUT2D eigenvalue weighted by Gasteiger charge is -2.09. The summed E-state index contributed by atoms with van der Waals surface area (Å²) in [6.45, 7) is 1.04. The molecule has 1 aromatic heterocycles. The van der Waals surface area contributed by atoms with Gasteiger partial charge in [-0.15, -0.1) is 0 Å². The highest BCUT2D eigenvalue weighted by atomic mass is 35.5. The van der Waals surface area contributed by atoms with Crippen molar-refractivity contribution < 1.29 is 4.74 Å². The maximum atomic E-state index is 6.18. The number of hydrogen-bond donors (Lipinski definition) is 0. The van der Waals surface area contributed by atoms with Crippen LogP contribution in [-0.4, -0.2) is 4.57 Å². The zero-order chi connectivity index (χ0) is 16.5. The maximum absolute atomic E-state index is 6.18. The van der Waals surface area contributed by atoms with E-state index in [1.165, 1.54) is 0 Å². The topological polar surface area (TPSA) is 14.2 Å². The Labute approximate surface area is 150 Å². The second kappa shape index (κ2) is 6.48. The quantitative estimate of drug-likeness (QED) is 0.420. The Morgan fingerprint density at radius 2 is 1.33 bits per heavy atom. The van der Waals surface area contributed by atoms with E-state index in [2.05, 4.69) is 16.7 Å². The minimum absolute atomic E-state index is 0.470. The van der Waals surface area contributed by atoms with Crippen molar-refractivity contribution in [1.29, 1.82) is 0 Å². The summed E-state index contributed by atoms with van der Waals surface area (Å²) in [5.41, 5.74) is 3.33. The molecule has 0 saturated heterocycles. The molecule has 0 aliphatic carbocycles. The molecular formula is C20H15Cl2NO. The molecule has 0 bridgehead atoms. The summed E-state index contributed by atoms with van der Waals surface area (Å²) in [7, 11) is 0. The Kier molecular flexibility index (Phi) is 4.19. The van der Waals surface area contributed by atoms with Gasteiger partial charge in [-0.3, -0.25) is 0 Å². The first kappa shape index (κ1) is 15.5. The number of rotatable bonds is 4. The van der Waals surface area contributed by atoms with E-state index in [0.717, 1.165) is 27.4 Å². The third-order valence-corrected chi connectivity index (χ3v) is 4.59. The molecule has 3 aromatic carbocycles. The number of aromatic nitrogens is 1. The van der Waals surface area contributed by atoms with Crippen molar-refractivity contribution in [3.05, 3.63) is 82.3 Å². The third kappa shape index (κ3) is 2.89. The van der Waals surface area contributed by atoms with Gasteiger partial charge in [0.1, 0.15) is 6.73 Å². The van der Waals surface area contributed by atoms with Crippen LogP contribution in [0.1, 0.15) is 5.56 Å². The molecule has 2 nitrogen and oxygen atoms in total. The van der Waals surface area contributed by atoms with Gasteiger partial charge in [-0.1, -0.05) is 53.5 Å². The molecule has 0 radical (unpaired) electrons. The molecule has 24 heavy (non-hydrogen) atoms. The number of benzene rings is 3. The first-order chi connectivity index (χ1) is 11.7. The first-order valence-electron chi connectivity index (χ1n) is 7.71. The molecule has 0 atom stereocenters. The largest absolute Gasteiger partial charge is 0.356 e. The van der Waals surface area contributed by atoms with Crippen molar-refractivity contribution in [2.45, 2.75) is 13.3 Å². The molecule has 4 heteroatoms. The van der Waals surface area contributed by atoms with Crippen molar-refractivity contribution in [1.82, 2.24) is 4.57 Å². The van der Waals surface area contributed by atoms with Gasteiger partial charge >= 0.3 is 0 Å². The summed E-state index contributed by atoms with van der Waals surface area (Å²) in [5, 5.41) is 3.60. The number of hydrogen-bond acceptors (Lipinski definition) is 1. The van der Waals surface area contributed by atoms with Crippen LogP contribution < -0.4 is 0 Å². The van der Waals surface area contributed by atoms with Crippen molar-refractivity contribution in [2.75, 3.05) is 0 Å². The number of ether oxygens (including phenoxy) is 1. The maximum Gasteiger partial charge on any atom is 0.123 e. The minimum Gasteiger partial charge on any atom is -0.356 e. The first-order valence-corrected chi connectivity index (χ1v) is 8.46. The van der Waals surface area contributed by atoms with Crippen LogP contribution in [0.4, 0.5) is 0 Å². The second-order valence-corrected chi connectivity index (χ2v) is 6.59. The summed E-state index contributed by atoms with van der Waals surface area (Å²) in [4.78, 5) is 0. The molecule has 120 valence electrons. The average Bonchev–Trinajstić information content (AvgIpc) is 2.89. The number of nitrogens with zero attached hydrogens (tertiary/aromatic N) is 1. The fraction of sp³-hybridized carbons (Fsp3) is 0.100. The van der Waals surface area contributed by atoms with Gasteiger partial charge in [0.2, 0.25) is 0 Å². The second-order valence-electron chi connectivity index (χ2n) is 5.71. The van der Waals surface area contributed by atoms with Crippen LogP contribution in [0.15, 0.2) is 66.7 Å². The van der Waals surface area contributed by atoms with E-state index in [0.29, 0.717) is 23.4 Å². The fourth-order valence-corrected chi connectivity index (χ4v) is 3.36. The summed E-state index contributed by atoms with van der Waals surface area (Å²) < 4.78 is 8.09. The molecule has 0 unspecified atom stereocenters. The molecule has 0 fully saturated rings. The molecule has 0 amide bonds. The van der Waals surface area contributed by atoms with E-state index >= 15 is 0 Å². The minimum atomic E-state index is 0.470. The van der Waals surface area contributed by atoms with Crippen LogP contribution in [0.2, 0.25) is 10.0 Å². The van der Waals surface area contributed by atoms with Crippen molar-refractivity contribution in [2.24, 2.45) is 0 Å². The Morgan fingerprint density at radius 1 is 0.750 bits per heavy atom. The summed E-state index contributed by atoms with van der Waals surface area (Å²) >= 11 is 12.4. The monoisotopic (exact) mass is 355 g/mol.